The van der Waals surface area contributed by atoms with Gasteiger partial charge >= 0.3 is 6.09 Å². The van der Waals surface area contributed by atoms with Gasteiger partial charge in [0.25, 0.3) is 0 Å². The SMILES string of the molecule is CC(C)(C)OC(=O)N1CCC(OC2CC(C#CCn3cc(-c4cc(Cl)nnc4N)cn3)C2)CC1. The van der Waals surface area contributed by atoms with Crippen molar-refractivity contribution in [3.63, 3.8) is 0 Å². The number of ether oxygens (including phenoxy) is 2. The Hall–Kier alpha value is -2.83. The molecule has 2 fully saturated rings. The number of carbonyl (C=O) groups excluding carboxylic acids is 1. The lowest BCUT2D eigenvalue weighted by Crippen LogP contribution is -2.45. The molecular weight excluding hydrogens is 456 g/mol. The second-order valence-electron chi connectivity index (χ2n) is 9.81. The van der Waals surface area contributed by atoms with Gasteiger partial charge in [0.1, 0.15) is 12.1 Å². The number of carbonyl (C=O) groups is 1. The molecule has 0 atom stereocenters. The van der Waals surface area contributed by atoms with Crippen molar-refractivity contribution in [1.82, 2.24) is 24.9 Å². The van der Waals surface area contributed by atoms with Crippen LogP contribution in [0.3, 0.4) is 0 Å². The van der Waals surface area contributed by atoms with Gasteiger partial charge in [-0.25, -0.2) is 4.79 Å². The standard InChI is InChI=1S/C24H31ClN6O3/c1-24(2,3)34-23(32)30-9-6-18(7-10-30)33-19-11-16(12-19)5-4-8-31-15-17(14-27-31)20-13-21(25)28-29-22(20)26/h13-16,18-19H,6-12H2,1-3H3,(H2,26,29). The Kier molecular flexibility index (Phi) is 7.29. The van der Waals surface area contributed by atoms with Crippen LogP contribution >= 0.6 is 11.6 Å². The fraction of sp³-hybridized carbons (Fsp3) is 0.583. The van der Waals surface area contributed by atoms with Gasteiger partial charge in [-0.1, -0.05) is 23.4 Å². The van der Waals surface area contributed by atoms with E-state index in [1.54, 1.807) is 21.8 Å². The minimum atomic E-state index is -0.467. The van der Waals surface area contributed by atoms with Crippen LogP contribution in [0.5, 0.6) is 0 Å². The normalized spacial score (nSPS) is 20.9. The number of likely N-dealkylation sites (tertiary alicyclic amines) is 1. The highest BCUT2D eigenvalue weighted by Gasteiger charge is 2.33. The summed E-state index contributed by atoms with van der Waals surface area (Å²) in [5.74, 6) is 7.19. The molecule has 0 aromatic carbocycles. The number of aromatic nitrogens is 4. The molecule has 4 rings (SSSR count). The van der Waals surface area contributed by atoms with Crippen LogP contribution in [0.15, 0.2) is 18.5 Å². The Morgan fingerprint density at radius 1 is 1.24 bits per heavy atom. The number of anilines is 1. The van der Waals surface area contributed by atoms with E-state index in [9.17, 15) is 4.79 Å². The van der Waals surface area contributed by atoms with Crippen molar-refractivity contribution in [2.24, 2.45) is 5.92 Å². The second kappa shape index (κ2) is 10.2. The Labute approximate surface area is 204 Å². The van der Waals surface area contributed by atoms with Crippen molar-refractivity contribution in [3.8, 4) is 23.0 Å². The van der Waals surface area contributed by atoms with E-state index >= 15 is 0 Å². The van der Waals surface area contributed by atoms with Gasteiger partial charge in [-0.2, -0.15) is 5.10 Å². The molecule has 0 radical (unpaired) electrons. The van der Waals surface area contributed by atoms with E-state index < -0.39 is 5.60 Å². The molecule has 0 bridgehead atoms. The molecule has 0 unspecified atom stereocenters. The quantitative estimate of drug-likeness (QED) is 0.655. The third-order valence-corrected chi connectivity index (χ3v) is 6.04. The number of hydrogen-bond acceptors (Lipinski definition) is 7. The highest BCUT2D eigenvalue weighted by atomic mass is 35.5. The van der Waals surface area contributed by atoms with Crippen LogP contribution in [0.1, 0.15) is 46.5 Å². The van der Waals surface area contributed by atoms with E-state index in [-0.39, 0.29) is 23.5 Å². The molecule has 1 aliphatic carbocycles. The lowest BCUT2D eigenvalue weighted by Gasteiger charge is -2.38. The van der Waals surface area contributed by atoms with E-state index in [0.29, 0.717) is 36.9 Å². The molecule has 2 aromatic heterocycles. The van der Waals surface area contributed by atoms with Gasteiger partial charge in [-0.05, 0) is 52.5 Å². The highest BCUT2D eigenvalue weighted by Crippen LogP contribution is 2.32. The summed E-state index contributed by atoms with van der Waals surface area (Å²) < 4.78 is 13.4. The zero-order valence-electron chi connectivity index (χ0n) is 19.8. The molecule has 3 heterocycles. The molecule has 1 amide bonds. The average molecular weight is 487 g/mol. The van der Waals surface area contributed by atoms with Crippen molar-refractivity contribution in [2.45, 2.75) is 70.8 Å². The third kappa shape index (κ3) is 6.39. The van der Waals surface area contributed by atoms with Gasteiger partial charge in [0, 0.05) is 36.3 Å². The highest BCUT2D eigenvalue weighted by molar-refractivity contribution is 6.29. The summed E-state index contributed by atoms with van der Waals surface area (Å²) >= 11 is 5.92. The number of nitrogen functional groups attached to an aromatic ring is 1. The first-order valence-corrected chi connectivity index (χ1v) is 12.0. The summed E-state index contributed by atoms with van der Waals surface area (Å²) in [7, 11) is 0. The smallest absolute Gasteiger partial charge is 0.410 e. The summed E-state index contributed by atoms with van der Waals surface area (Å²) in [6, 6.07) is 1.67. The maximum atomic E-state index is 12.2. The number of halogens is 1. The molecule has 1 saturated heterocycles. The van der Waals surface area contributed by atoms with Crippen molar-refractivity contribution >= 4 is 23.5 Å². The minimum Gasteiger partial charge on any atom is -0.444 e. The maximum Gasteiger partial charge on any atom is 0.410 e. The number of rotatable bonds is 4. The fourth-order valence-electron chi connectivity index (χ4n) is 4.04. The van der Waals surface area contributed by atoms with E-state index in [1.165, 1.54) is 0 Å². The van der Waals surface area contributed by atoms with Gasteiger partial charge in [-0.3, -0.25) is 4.68 Å². The molecule has 1 aliphatic heterocycles. The van der Waals surface area contributed by atoms with E-state index in [4.69, 9.17) is 26.8 Å². The van der Waals surface area contributed by atoms with E-state index in [2.05, 4.69) is 27.1 Å². The van der Waals surface area contributed by atoms with Crippen LogP contribution in [-0.2, 0) is 16.0 Å². The van der Waals surface area contributed by atoms with Crippen LogP contribution in [0.4, 0.5) is 10.6 Å². The zero-order valence-corrected chi connectivity index (χ0v) is 20.6. The first kappa shape index (κ1) is 24.3. The number of nitrogens with zero attached hydrogens (tertiary/aromatic N) is 5. The zero-order chi connectivity index (χ0) is 24.3. The first-order chi connectivity index (χ1) is 16.2. The van der Waals surface area contributed by atoms with E-state index in [0.717, 1.165) is 31.2 Å². The summed E-state index contributed by atoms with van der Waals surface area (Å²) in [5, 5.41) is 12.2. The first-order valence-electron chi connectivity index (χ1n) is 11.6. The van der Waals surface area contributed by atoms with Crippen LogP contribution < -0.4 is 5.73 Å². The second-order valence-corrected chi connectivity index (χ2v) is 10.2. The Morgan fingerprint density at radius 2 is 1.97 bits per heavy atom. The largest absolute Gasteiger partial charge is 0.444 e. The summed E-state index contributed by atoms with van der Waals surface area (Å²) in [6.07, 6.45) is 7.38. The molecule has 9 nitrogen and oxygen atoms in total. The monoisotopic (exact) mass is 486 g/mol. The average Bonchev–Trinajstić information content (AvgIpc) is 3.21. The predicted molar refractivity (Wildman–Crippen MR) is 129 cm³/mol. The van der Waals surface area contributed by atoms with Crippen molar-refractivity contribution in [1.29, 1.82) is 0 Å². The van der Waals surface area contributed by atoms with Gasteiger partial charge in [0.05, 0.1) is 18.4 Å². The molecule has 2 N–H and O–H groups in total. The molecule has 1 saturated carbocycles. The molecule has 2 aliphatic rings. The predicted octanol–water partition coefficient (Wildman–Crippen LogP) is 3.77. The molecule has 0 spiro atoms. The molecule has 34 heavy (non-hydrogen) atoms. The maximum absolute atomic E-state index is 12.2. The van der Waals surface area contributed by atoms with Gasteiger partial charge in [0.15, 0.2) is 11.0 Å². The Balaban J connectivity index is 1.17. The summed E-state index contributed by atoms with van der Waals surface area (Å²) in [4.78, 5) is 14.0. The number of hydrogen-bond donors (Lipinski definition) is 1. The van der Waals surface area contributed by atoms with Crippen LogP contribution in [0, 0.1) is 17.8 Å². The third-order valence-electron chi connectivity index (χ3n) is 5.86. The Bertz CT molecular complexity index is 1070. The van der Waals surface area contributed by atoms with Gasteiger partial charge < -0.3 is 20.1 Å². The molecular formula is C24H31ClN6O3. The van der Waals surface area contributed by atoms with Crippen LogP contribution in [0.25, 0.3) is 11.1 Å². The summed E-state index contributed by atoms with van der Waals surface area (Å²) in [6.45, 7) is 7.50. The minimum absolute atomic E-state index is 0.198. The molecule has 2 aromatic rings. The molecule has 182 valence electrons. The molecule has 10 heteroatoms. The van der Waals surface area contributed by atoms with Crippen LogP contribution in [0.2, 0.25) is 5.15 Å². The Morgan fingerprint density at radius 3 is 2.68 bits per heavy atom. The van der Waals surface area contributed by atoms with Crippen molar-refractivity contribution < 1.29 is 14.3 Å². The lowest BCUT2D eigenvalue weighted by atomic mass is 9.82. The number of nitrogens with two attached hydrogens (primary N) is 1. The van der Waals surface area contributed by atoms with Gasteiger partial charge in [0.2, 0.25) is 0 Å². The topological polar surface area (TPSA) is 108 Å². The van der Waals surface area contributed by atoms with Crippen molar-refractivity contribution in [3.05, 3.63) is 23.6 Å². The lowest BCUT2D eigenvalue weighted by molar-refractivity contribution is -0.0848. The van der Waals surface area contributed by atoms with E-state index in [1.807, 2.05) is 27.0 Å². The van der Waals surface area contributed by atoms with Gasteiger partial charge in [-0.15, -0.1) is 10.2 Å². The van der Waals surface area contributed by atoms with Crippen LogP contribution in [-0.4, -0.2) is 61.9 Å². The summed E-state index contributed by atoms with van der Waals surface area (Å²) in [5.41, 5.74) is 6.95. The number of piperidine rings is 1. The fourth-order valence-corrected chi connectivity index (χ4v) is 4.18. The van der Waals surface area contributed by atoms with Crippen molar-refractivity contribution in [2.75, 3.05) is 18.8 Å². The number of amides is 1.